The number of rotatable bonds is 3. The molecule has 0 aromatic heterocycles. The van der Waals surface area contributed by atoms with Crippen LogP contribution in [-0.2, 0) is 20.6 Å². The summed E-state index contributed by atoms with van der Waals surface area (Å²) in [5.74, 6) is -2.15. The van der Waals surface area contributed by atoms with E-state index in [1.807, 2.05) is 0 Å². The molecule has 0 aliphatic heterocycles. The fourth-order valence-corrected chi connectivity index (χ4v) is 0.214. The van der Waals surface area contributed by atoms with Crippen molar-refractivity contribution in [2.24, 2.45) is 0 Å². The average molecular weight is 224 g/mol. The quantitative estimate of drug-likeness (QED) is 0.257. The van der Waals surface area contributed by atoms with Gasteiger partial charge in [-0.1, -0.05) is 0 Å². The molecule has 13 heavy (non-hydrogen) atoms. The Morgan fingerprint density at radius 2 is 1.15 bits per heavy atom. The van der Waals surface area contributed by atoms with Crippen molar-refractivity contribution in [1.82, 2.24) is 0 Å². The fraction of sp³-hybridized carbons (Fsp3) is 0.500. The van der Waals surface area contributed by atoms with E-state index in [2.05, 4.69) is 0 Å². The summed E-state index contributed by atoms with van der Waals surface area (Å²) in [4.78, 5) is 19.3. The number of aliphatic carboxylic acids is 2. The van der Waals surface area contributed by atoms with Gasteiger partial charge in [0.2, 0.25) is 0 Å². The molecule has 0 heterocycles. The van der Waals surface area contributed by atoms with Gasteiger partial charge in [0.05, 0.1) is 12.8 Å². The van der Waals surface area contributed by atoms with Gasteiger partial charge in [0.15, 0.2) is 0 Å². The first-order chi connectivity index (χ1) is 5.36. The Kier molecular flexibility index (Phi) is 17.0. The molecule has 7 nitrogen and oxygen atoms in total. The molecule has 0 unspecified atom stereocenters. The molecular weight excluding hydrogens is 215 g/mol. The van der Waals surface area contributed by atoms with Gasteiger partial charge in [-0.25, -0.2) is 8.42 Å². The molecule has 0 atom stereocenters. The van der Waals surface area contributed by atoms with E-state index in [0.29, 0.717) is 0 Å². The van der Waals surface area contributed by atoms with Gasteiger partial charge < -0.3 is 10.2 Å². The van der Waals surface area contributed by atoms with Gasteiger partial charge in [0.25, 0.3) is 11.0 Å². The topological polar surface area (TPSA) is 129 Å². The van der Waals surface area contributed by atoms with Crippen molar-refractivity contribution in [1.29, 1.82) is 0 Å². The van der Waals surface area contributed by atoms with Crippen molar-refractivity contribution in [2.75, 3.05) is 0 Å². The SMILES string of the molecule is O=C(O)CCC(=O)O.O=[SH](=O)O.[NaH]. The number of carbonyl (C=O) groups is 2. The summed E-state index contributed by atoms with van der Waals surface area (Å²) in [6.45, 7) is 0. The predicted molar refractivity (Wildman–Crippen MR) is 44.6 cm³/mol. The summed E-state index contributed by atoms with van der Waals surface area (Å²) in [5.41, 5.74) is 0. The summed E-state index contributed by atoms with van der Waals surface area (Å²) < 4.78 is 24.2. The average Bonchev–Trinajstić information content (AvgIpc) is 1.82. The van der Waals surface area contributed by atoms with Gasteiger partial charge in [-0.15, -0.1) is 0 Å². The van der Waals surface area contributed by atoms with E-state index in [9.17, 15) is 9.59 Å². The Balaban J connectivity index is -0.000000173. The van der Waals surface area contributed by atoms with E-state index in [1.165, 1.54) is 0 Å². The minimum atomic E-state index is -3.12. The molecule has 0 amide bonds. The number of carboxylic acids is 2. The zero-order valence-electron chi connectivity index (χ0n) is 5.84. The van der Waals surface area contributed by atoms with Crippen molar-refractivity contribution in [3.63, 3.8) is 0 Å². The molecular formula is C4H9NaO7S. The van der Waals surface area contributed by atoms with E-state index in [0.717, 1.165) is 0 Å². The van der Waals surface area contributed by atoms with Crippen LogP contribution in [0.4, 0.5) is 0 Å². The molecule has 0 fully saturated rings. The van der Waals surface area contributed by atoms with Gasteiger partial charge in [-0.3, -0.25) is 14.1 Å². The summed E-state index contributed by atoms with van der Waals surface area (Å²) in [5, 5.41) is 15.8. The monoisotopic (exact) mass is 224 g/mol. The van der Waals surface area contributed by atoms with E-state index in [-0.39, 0.29) is 42.4 Å². The van der Waals surface area contributed by atoms with E-state index in [4.69, 9.17) is 23.2 Å². The third-order valence-corrected chi connectivity index (χ3v) is 0.553. The summed E-state index contributed by atoms with van der Waals surface area (Å²) in [6.07, 6.45) is -0.593. The molecule has 0 aromatic rings. The molecule has 74 valence electrons. The first-order valence-electron chi connectivity index (χ1n) is 2.63. The Hall–Kier alpha value is -0.150. The third kappa shape index (κ3) is 48.9. The molecule has 0 aliphatic carbocycles. The maximum atomic E-state index is 9.64. The number of carboxylic acid groups (broad SMARTS) is 2. The molecule has 3 N–H and O–H groups in total. The van der Waals surface area contributed by atoms with Crippen molar-refractivity contribution in [3.05, 3.63) is 0 Å². The van der Waals surface area contributed by atoms with Gasteiger partial charge >= 0.3 is 41.5 Å². The Morgan fingerprint density at radius 1 is 1.00 bits per heavy atom. The molecule has 0 spiro atoms. The molecule has 0 bridgehead atoms. The number of hydrogen-bond acceptors (Lipinski definition) is 4. The zero-order valence-corrected chi connectivity index (χ0v) is 6.73. The summed E-state index contributed by atoms with van der Waals surface area (Å²) >= 11 is 0. The van der Waals surface area contributed by atoms with Crippen molar-refractivity contribution in [3.8, 4) is 0 Å². The number of hydrogen-bond donors (Lipinski definition) is 4. The van der Waals surface area contributed by atoms with Crippen LogP contribution in [0.25, 0.3) is 0 Å². The molecule has 0 aromatic carbocycles. The summed E-state index contributed by atoms with van der Waals surface area (Å²) in [6, 6.07) is 0. The molecule has 0 rings (SSSR count). The zero-order chi connectivity index (χ0) is 10.1. The molecule has 0 radical (unpaired) electrons. The van der Waals surface area contributed by atoms with Crippen molar-refractivity contribution in [2.45, 2.75) is 12.8 Å². The van der Waals surface area contributed by atoms with Crippen molar-refractivity contribution < 1.29 is 32.8 Å². The summed E-state index contributed by atoms with van der Waals surface area (Å²) in [7, 11) is -3.12. The van der Waals surface area contributed by atoms with Gasteiger partial charge in [0.1, 0.15) is 0 Å². The fourth-order valence-electron chi connectivity index (χ4n) is 0.214. The van der Waals surface area contributed by atoms with Gasteiger partial charge in [-0.2, -0.15) is 0 Å². The van der Waals surface area contributed by atoms with Gasteiger partial charge in [-0.05, 0) is 0 Å². The standard InChI is InChI=1S/C4H6O4.Na.H2O3S.H/c5-3(6)1-2-4(7)8;;1-4(2)3;/h1-2H2,(H,5,6)(H,7,8);;4H,(H,1,2,3);. The first kappa shape index (κ1) is 18.6. The van der Waals surface area contributed by atoms with Crippen LogP contribution in [0.3, 0.4) is 0 Å². The van der Waals surface area contributed by atoms with E-state index < -0.39 is 22.9 Å². The number of thiol groups is 1. The van der Waals surface area contributed by atoms with Crippen molar-refractivity contribution >= 4 is 52.5 Å². The normalized spacial score (nSPS) is 7.85. The van der Waals surface area contributed by atoms with Crippen LogP contribution in [0.1, 0.15) is 12.8 Å². The van der Waals surface area contributed by atoms with Crippen LogP contribution in [0.2, 0.25) is 0 Å². The molecule has 9 heteroatoms. The Morgan fingerprint density at radius 3 is 1.23 bits per heavy atom. The molecule has 0 saturated carbocycles. The Labute approximate surface area is 97.8 Å². The van der Waals surface area contributed by atoms with Crippen LogP contribution in [0.5, 0.6) is 0 Å². The Bertz CT molecular complexity index is 201. The first-order valence-corrected chi connectivity index (χ1v) is 3.76. The van der Waals surface area contributed by atoms with Gasteiger partial charge in [0, 0.05) is 0 Å². The van der Waals surface area contributed by atoms with E-state index in [1.54, 1.807) is 0 Å². The van der Waals surface area contributed by atoms with Crippen LogP contribution >= 0.6 is 0 Å². The van der Waals surface area contributed by atoms with Crippen LogP contribution < -0.4 is 0 Å². The van der Waals surface area contributed by atoms with Crippen LogP contribution in [0.15, 0.2) is 0 Å². The second-order valence-electron chi connectivity index (χ2n) is 1.53. The van der Waals surface area contributed by atoms with E-state index >= 15 is 0 Å². The molecule has 0 aliphatic rings. The third-order valence-electron chi connectivity index (χ3n) is 0.553. The minimum absolute atomic E-state index is 0. The maximum absolute atomic E-state index is 9.64. The molecule has 0 saturated heterocycles. The van der Waals surface area contributed by atoms with Crippen LogP contribution in [0, 0.1) is 0 Å². The second-order valence-corrected chi connectivity index (χ2v) is 2.00. The van der Waals surface area contributed by atoms with Crippen LogP contribution in [-0.4, -0.2) is 64.7 Å². The second kappa shape index (κ2) is 11.8. The predicted octanol–water partition coefficient (Wildman–Crippen LogP) is -1.64.